The van der Waals surface area contributed by atoms with E-state index in [9.17, 15) is 4.79 Å². The lowest BCUT2D eigenvalue weighted by Crippen LogP contribution is -2.24. The Labute approximate surface area is 146 Å². The van der Waals surface area contributed by atoms with Gasteiger partial charge in [0.2, 0.25) is 0 Å². The quantitative estimate of drug-likeness (QED) is 0.716. The molecule has 0 unspecified atom stereocenters. The van der Waals surface area contributed by atoms with Crippen molar-refractivity contribution in [3.63, 3.8) is 0 Å². The van der Waals surface area contributed by atoms with Gasteiger partial charge >= 0.3 is 6.09 Å². The molecule has 3 rings (SSSR count). The predicted octanol–water partition coefficient (Wildman–Crippen LogP) is 4.02. The van der Waals surface area contributed by atoms with Crippen LogP contribution in [-0.2, 0) is 11.3 Å². The number of alkyl carbamates (subject to hydrolysis) is 1. The first-order chi connectivity index (χ1) is 12.3. The van der Waals surface area contributed by atoms with E-state index < -0.39 is 6.09 Å². The molecule has 0 radical (unpaired) electrons. The molecule has 0 saturated carbocycles. The SMILES string of the molecule is O=C(NCC=Cc1ccc(-c2ccn[nH]2)cc1)OCc1ccccc1. The van der Waals surface area contributed by atoms with Gasteiger partial charge in [0.05, 0.1) is 5.69 Å². The molecule has 0 saturated heterocycles. The summed E-state index contributed by atoms with van der Waals surface area (Å²) in [5.74, 6) is 0. The van der Waals surface area contributed by atoms with Gasteiger partial charge in [0.25, 0.3) is 0 Å². The topological polar surface area (TPSA) is 67.0 Å². The van der Waals surface area contributed by atoms with Gasteiger partial charge in [0, 0.05) is 12.7 Å². The van der Waals surface area contributed by atoms with Gasteiger partial charge in [0.1, 0.15) is 6.61 Å². The van der Waals surface area contributed by atoms with Crippen molar-refractivity contribution < 1.29 is 9.53 Å². The van der Waals surface area contributed by atoms with Crippen molar-refractivity contribution in [2.45, 2.75) is 6.61 Å². The summed E-state index contributed by atoms with van der Waals surface area (Å²) in [6.45, 7) is 0.682. The number of hydrogen-bond acceptors (Lipinski definition) is 3. The molecule has 1 aromatic heterocycles. The first-order valence-corrected chi connectivity index (χ1v) is 8.02. The minimum Gasteiger partial charge on any atom is -0.445 e. The number of carbonyl (C=O) groups is 1. The molecule has 0 atom stereocenters. The Morgan fingerprint density at radius 1 is 1.08 bits per heavy atom. The Bertz CT molecular complexity index is 810. The molecule has 25 heavy (non-hydrogen) atoms. The van der Waals surface area contributed by atoms with Gasteiger partial charge < -0.3 is 10.1 Å². The molecule has 1 heterocycles. The minimum absolute atomic E-state index is 0.269. The molecule has 3 aromatic rings. The molecule has 0 aliphatic rings. The van der Waals surface area contributed by atoms with Crippen LogP contribution in [0, 0.1) is 0 Å². The zero-order valence-electron chi connectivity index (χ0n) is 13.7. The van der Waals surface area contributed by atoms with Crippen LogP contribution in [0.5, 0.6) is 0 Å². The number of amides is 1. The van der Waals surface area contributed by atoms with Crippen LogP contribution in [0.3, 0.4) is 0 Å². The molecule has 2 N–H and O–H groups in total. The molecule has 0 fully saturated rings. The minimum atomic E-state index is -0.428. The van der Waals surface area contributed by atoms with Gasteiger partial charge in [0.15, 0.2) is 0 Å². The van der Waals surface area contributed by atoms with Crippen LogP contribution in [0.2, 0.25) is 0 Å². The highest BCUT2D eigenvalue weighted by atomic mass is 16.5. The number of H-pyrrole nitrogens is 1. The van der Waals surface area contributed by atoms with E-state index in [-0.39, 0.29) is 6.61 Å². The summed E-state index contributed by atoms with van der Waals surface area (Å²) in [5, 5.41) is 9.57. The second kappa shape index (κ2) is 8.49. The van der Waals surface area contributed by atoms with E-state index in [1.807, 2.05) is 72.8 Å². The van der Waals surface area contributed by atoms with E-state index in [1.165, 1.54) is 0 Å². The Balaban J connectivity index is 1.41. The molecular weight excluding hydrogens is 314 g/mol. The van der Waals surface area contributed by atoms with Crippen molar-refractivity contribution in [1.82, 2.24) is 15.5 Å². The molecule has 0 aliphatic heterocycles. The lowest BCUT2D eigenvalue weighted by Gasteiger charge is -2.05. The van der Waals surface area contributed by atoms with Gasteiger partial charge in [-0.25, -0.2) is 4.79 Å². The maximum Gasteiger partial charge on any atom is 0.407 e. The fraction of sp³-hybridized carbons (Fsp3) is 0.100. The summed E-state index contributed by atoms with van der Waals surface area (Å²) in [5.41, 5.74) is 4.09. The van der Waals surface area contributed by atoms with E-state index in [0.29, 0.717) is 6.54 Å². The van der Waals surface area contributed by atoms with Gasteiger partial charge in [-0.3, -0.25) is 5.10 Å². The van der Waals surface area contributed by atoms with Gasteiger partial charge in [-0.15, -0.1) is 0 Å². The number of aromatic nitrogens is 2. The fourth-order valence-corrected chi connectivity index (χ4v) is 2.30. The zero-order valence-corrected chi connectivity index (χ0v) is 13.7. The molecule has 2 aromatic carbocycles. The largest absolute Gasteiger partial charge is 0.445 e. The summed E-state index contributed by atoms with van der Waals surface area (Å²) < 4.78 is 5.14. The first kappa shape index (κ1) is 16.5. The number of aromatic amines is 1. The van der Waals surface area contributed by atoms with Crippen molar-refractivity contribution >= 4 is 12.2 Å². The summed E-state index contributed by atoms with van der Waals surface area (Å²) in [6, 6.07) is 19.6. The average Bonchev–Trinajstić information content (AvgIpc) is 3.20. The van der Waals surface area contributed by atoms with Crippen molar-refractivity contribution in [1.29, 1.82) is 0 Å². The van der Waals surface area contributed by atoms with Crippen LogP contribution in [0.15, 0.2) is 72.9 Å². The van der Waals surface area contributed by atoms with Crippen molar-refractivity contribution in [2.24, 2.45) is 0 Å². The van der Waals surface area contributed by atoms with Gasteiger partial charge in [-0.1, -0.05) is 66.7 Å². The number of carbonyl (C=O) groups excluding carboxylic acids is 1. The molecule has 1 amide bonds. The van der Waals surface area contributed by atoms with E-state index in [1.54, 1.807) is 6.20 Å². The first-order valence-electron chi connectivity index (χ1n) is 8.02. The summed E-state index contributed by atoms with van der Waals surface area (Å²) in [7, 11) is 0. The number of ether oxygens (including phenoxy) is 1. The third-order valence-electron chi connectivity index (χ3n) is 3.61. The molecule has 0 aliphatic carbocycles. The highest BCUT2D eigenvalue weighted by Crippen LogP contribution is 2.17. The maximum absolute atomic E-state index is 11.6. The van der Waals surface area contributed by atoms with E-state index in [2.05, 4.69) is 15.5 Å². The van der Waals surface area contributed by atoms with Crippen LogP contribution >= 0.6 is 0 Å². The Kier molecular flexibility index (Phi) is 5.61. The number of nitrogens with zero attached hydrogens (tertiary/aromatic N) is 1. The summed E-state index contributed by atoms with van der Waals surface area (Å²) >= 11 is 0. The summed E-state index contributed by atoms with van der Waals surface area (Å²) in [4.78, 5) is 11.6. The highest BCUT2D eigenvalue weighted by Gasteiger charge is 2.00. The van der Waals surface area contributed by atoms with Crippen LogP contribution in [0.1, 0.15) is 11.1 Å². The van der Waals surface area contributed by atoms with Crippen LogP contribution in [0.25, 0.3) is 17.3 Å². The lowest BCUT2D eigenvalue weighted by atomic mass is 10.1. The molecule has 5 heteroatoms. The molecule has 126 valence electrons. The van der Waals surface area contributed by atoms with E-state index in [0.717, 1.165) is 22.4 Å². The van der Waals surface area contributed by atoms with Crippen molar-refractivity contribution in [3.05, 3.63) is 84.1 Å². The van der Waals surface area contributed by atoms with Crippen LogP contribution < -0.4 is 5.32 Å². The second-order valence-electron chi connectivity index (χ2n) is 5.44. The van der Waals surface area contributed by atoms with Crippen LogP contribution in [0.4, 0.5) is 4.79 Å². The van der Waals surface area contributed by atoms with Gasteiger partial charge in [-0.2, -0.15) is 5.10 Å². The Morgan fingerprint density at radius 2 is 1.88 bits per heavy atom. The lowest BCUT2D eigenvalue weighted by molar-refractivity contribution is 0.141. The summed E-state index contributed by atoms with van der Waals surface area (Å²) in [6.07, 6.45) is 5.14. The standard InChI is InChI=1S/C20H19N3O2/c24-20(25-15-17-5-2-1-3-6-17)21-13-4-7-16-8-10-18(11-9-16)19-12-14-22-23-19/h1-12,14H,13,15H2,(H,21,24)(H,22,23). The molecule has 5 nitrogen and oxygen atoms in total. The molecule has 0 bridgehead atoms. The predicted molar refractivity (Wildman–Crippen MR) is 97.7 cm³/mol. The number of hydrogen-bond donors (Lipinski definition) is 2. The second-order valence-corrected chi connectivity index (χ2v) is 5.44. The number of nitrogens with one attached hydrogen (secondary N) is 2. The normalized spacial score (nSPS) is 10.7. The fourth-order valence-electron chi connectivity index (χ4n) is 2.30. The molecular formula is C20H19N3O2. The maximum atomic E-state index is 11.6. The van der Waals surface area contributed by atoms with E-state index in [4.69, 9.17) is 4.74 Å². The number of benzene rings is 2. The molecule has 0 spiro atoms. The smallest absolute Gasteiger partial charge is 0.407 e. The van der Waals surface area contributed by atoms with Crippen LogP contribution in [-0.4, -0.2) is 22.8 Å². The monoisotopic (exact) mass is 333 g/mol. The highest BCUT2D eigenvalue weighted by molar-refractivity contribution is 5.67. The van der Waals surface area contributed by atoms with E-state index >= 15 is 0 Å². The average molecular weight is 333 g/mol. The Hall–Kier alpha value is -3.34. The number of rotatable bonds is 6. The Morgan fingerprint density at radius 3 is 2.60 bits per heavy atom. The third-order valence-corrected chi connectivity index (χ3v) is 3.61. The third kappa shape index (κ3) is 5.07. The van der Waals surface area contributed by atoms with Crippen molar-refractivity contribution in [3.8, 4) is 11.3 Å². The van der Waals surface area contributed by atoms with Crippen molar-refractivity contribution in [2.75, 3.05) is 6.54 Å². The van der Waals surface area contributed by atoms with Gasteiger partial charge in [-0.05, 0) is 22.8 Å². The zero-order chi connectivity index (χ0) is 17.3.